The molecule has 0 aliphatic carbocycles. The molecule has 0 saturated heterocycles. The minimum Gasteiger partial charge on any atom is -0.494 e. The molecule has 0 saturated carbocycles. The van der Waals surface area contributed by atoms with Gasteiger partial charge in [-0.3, -0.25) is 9.59 Å². The van der Waals surface area contributed by atoms with E-state index >= 15 is 0 Å². The van der Waals surface area contributed by atoms with E-state index in [0.29, 0.717) is 50.3 Å². The summed E-state index contributed by atoms with van der Waals surface area (Å²) in [6, 6.07) is 14.5. The highest BCUT2D eigenvalue weighted by Crippen LogP contribution is 2.47. The number of nitrogens with one attached hydrogen (secondary N) is 1. The summed E-state index contributed by atoms with van der Waals surface area (Å²) in [7, 11) is 0.586. The van der Waals surface area contributed by atoms with Crippen LogP contribution >= 0.6 is 31.9 Å². The number of Topliss-reactive ketones (excluding diaryl/α,β-unsaturated/α-hetero) is 1. The van der Waals surface area contributed by atoms with Gasteiger partial charge in [-0.15, -0.1) is 0 Å². The van der Waals surface area contributed by atoms with Crippen molar-refractivity contribution in [2.24, 2.45) is 0 Å². The first kappa shape index (κ1) is 42.5. The Bertz CT molecular complexity index is 1870. The molecule has 0 unspecified atom stereocenters. The van der Waals surface area contributed by atoms with Crippen LogP contribution in [-0.4, -0.2) is 62.0 Å². The molecule has 0 radical (unpaired) electrons. The van der Waals surface area contributed by atoms with E-state index in [1.165, 1.54) is 28.1 Å². The van der Waals surface area contributed by atoms with Crippen molar-refractivity contribution in [1.29, 1.82) is 0 Å². The summed E-state index contributed by atoms with van der Waals surface area (Å²) in [6.45, 7) is 19.0. The zero-order chi connectivity index (χ0) is 39.1. The monoisotopic (exact) mass is 858 g/mol. The molecule has 52 heavy (non-hydrogen) atoms. The predicted molar refractivity (Wildman–Crippen MR) is 213 cm³/mol. The zero-order valence-electron chi connectivity index (χ0n) is 31.6. The van der Waals surface area contributed by atoms with Crippen LogP contribution < -0.4 is 9.47 Å². The number of benzene rings is 2. The van der Waals surface area contributed by atoms with Crippen molar-refractivity contribution in [2.45, 2.75) is 78.9 Å². The number of hydrogen-bond donors (Lipinski definition) is 1. The molecule has 0 spiro atoms. The Labute approximate surface area is 323 Å². The first-order valence-electron chi connectivity index (χ1n) is 17.0. The highest BCUT2D eigenvalue weighted by molar-refractivity contribution is 9.11. The Morgan fingerprint density at radius 3 is 1.63 bits per heavy atom. The first-order valence-corrected chi connectivity index (χ1v) is 20.8. The van der Waals surface area contributed by atoms with Crippen molar-refractivity contribution in [3.8, 4) is 33.8 Å². The Kier molecular flexibility index (Phi) is 14.9. The van der Waals surface area contributed by atoms with Crippen LogP contribution in [0.1, 0.15) is 93.8 Å². The van der Waals surface area contributed by atoms with E-state index in [-0.39, 0.29) is 23.1 Å². The third-order valence-electron chi connectivity index (χ3n) is 9.07. The second-order valence-electron chi connectivity index (χ2n) is 13.1. The van der Waals surface area contributed by atoms with E-state index in [4.69, 9.17) is 18.9 Å². The van der Waals surface area contributed by atoms with Crippen molar-refractivity contribution in [3.63, 3.8) is 0 Å². The van der Waals surface area contributed by atoms with Gasteiger partial charge in [0.25, 0.3) is 0 Å². The Hall–Kier alpha value is -3.94. The highest BCUT2D eigenvalue weighted by atomic mass is 79.9. The maximum absolute atomic E-state index is 13.1. The fourth-order valence-corrected chi connectivity index (χ4v) is 15.4. The van der Waals surface area contributed by atoms with Crippen LogP contribution in [0.25, 0.3) is 22.3 Å². The number of H-pyrrole nitrogens is 1. The molecule has 2 aromatic heterocycles. The lowest BCUT2D eigenvalue weighted by molar-refractivity contribution is -0.131. The molecule has 4 aromatic rings. The third kappa shape index (κ3) is 8.80. The van der Waals surface area contributed by atoms with Gasteiger partial charge >= 0.3 is 17.9 Å². The molecule has 4 rings (SSSR count). The van der Waals surface area contributed by atoms with Gasteiger partial charge in [0.2, 0.25) is 0 Å². The third-order valence-corrected chi connectivity index (χ3v) is 17.2. The molecule has 0 aliphatic rings. The quantitative estimate of drug-likeness (QED) is 0.0646. The second-order valence-corrected chi connectivity index (χ2v) is 20.5. The number of aromatic amines is 1. The average Bonchev–Trinajstić information content (AvgIpc) is 3.61. The number of carbonyl (C=O) groups excluding carboxylic acids is 4. The molecule has 280 valence electrons. The summed E-state index contributed by atoms with van der Waals surface area (Å²) >= 11 is 7.10. The number of nitrogens with zero attached hydrogens (tertiary/aromatic N) is 1. The van der Waals surface area contributed by atoms with E-state index in [1.54, 1.807) is 24.3 Å². The lowest BCUT2D eigenvalue weighted by Gasteiger charge is -2.44. The summed E-state index contributed by atoms with van der Waals surface area (Å²) in [4.78, 5) is 50.4. The Morgan fingerprint density at radius 1 is 0.731 bits per heavy atom. The molecule has 0 aliphatic heterocycles. The van der Waals surface area contributed by atoms with Crippen LogP contribution in [-0.2, 0) is 14.3 Å². The van der Waals surface area contributed by atoms with Crippen molar-refractivity contribution in [2.75, 3.05) is 20.8 Å². The summed E-state index contributed by atoms with van der Waals surface area (Å²) < 4.78 is 24.3. The van der Waals surface area contributed by atoms with E-state index in [2.05, 4.69) is 88.8 Å². The van der Waals surface area contributed by atoms with Gasteiger partial charge in [-0.25, -0.2) is 9.59 Å². The van der Waals surface area contributed by atoms with Crippen LogP contribution in [0.2, 0.25) is 16.6 Å². The summed E-state index contributed by atoms with van der Waals surface area (Å²) in [5, 5.41) is 0. The molecule has 2 aromatic carbocycles. The van der Waals surface area contributed by atoms with Crippen LogP contribution in [0.3, 0.4) is 0 Å². The lowest BCUT2D eigenvalue weighted by Crippen LogP contribution is -2.52. The van der Waals surface area contributed by atoms with Gasteiger partial charge in [0.1, 0.15) is 22.9 Å². The molecule has 0 bridgehead atoms. The number of carbonyl (C=O) groups is 4. The summed E-state index contributed by atoms with van der Waals surface area (Å²) in [6.07, 6.45) is 2.12. The van der Waals surface area contributed by atoms with Crippen molar-refractivity contribution in [3.05, 3.63) is 80.8 Å². The maximum Gasteiger partial charge on any atom is 0.355 e. The van der Waals surface area contributed by atoms with Gasteiger partial charge in [-0.05, 0) is 90.8 Å². The van der Waals surface area contributed by atoms with Gasteiger partial charge in [0.15, 0.2) is 14.0 Å². The molecular formula is C39H48Br2N2O8Si. The maximum atomic E-state index is 13.1. The lowest BCUT2D eigenvalue weighted by atomic mass is 10.1. The normalized spacial score (nSPS) is 11.3. The minimum atomic E-state index is -2.13. The fraction of sp³-hybridized carbons (Fsp3) is 0.385. The van der Waals surface area contributed by atoms with Crippen molar-refractivity contribution >= 4 is 63.8 Å². The van der Waals surface area contributed by atoms with Gasteiger partial charge in [-0.1, -0.05) is 65.8 Å². The van der Waals surface area contributed by atoms with E-state index in [1.807, 2.05) is 31.2 Å². The van der Waals surface area contributed by atoms with Gasteiger partial charge in [0.05, 0.1) is 31.0 Å². The highest BCUT2D eigenvalue weighted by Gasteiger charge is 2.48. The topological polar surface area (TPSA) is 126 Å². The Balaban J connectivity index is 0.000000288. The van der Waals surface area contributed by atoms with Crippen molar-refractivity contribution in [1.82, 2.24) is 9.22 Å². The zero-order valence-corrected chi connectivity index (χ0v) is 35.8. The number of ketones is 1. The van der Waals surface area contributed by atoms with Crippen LogP contribution in [0.4, 0.5) is 0 Å². The molecule has 13 heteroatoms. The summed E-state index contributed by atoms with van der Waals surface area (Å²) in [5.41, 5.74) is 5.50. The van der Waals surface area contributed by atoms with E-state index < -0.39 is 20.2 Å². The molecule has 2 heterocycles. The molecular weight excluding hydrogens is 812 g/mol. The molecule has 0 fully saturated rings. The van der Waals surface area contributed by atoms with Gasteiger partial charge in [-0.2, -0.15) is 0 Å². The molecule has 1 N–H and O–H groups in total. The van der Waals surface area contributed by atoms with E-state index in [9.17, 15) is 19.2 Å². The largest absolute Gasteiger partial charge is 0.494 e. The van der Waals surface area contributed by atoms with Gasteiger partial charge < -0.3 is 28.2 Å². The number of ether oxygens (including phenoxy) is 4. The number of aromatic nitrogens is 2. The fourth-order valence-electron chi connectivity index (χ4n) is 7.17. The van der Waals surface area contributed by atoms with E-state index in [0.717, 1.165) is 21.3 Å². The SMILES string of the molecule is CCOc1ccc(-c2c(Br)cn([Si](C(C)C)(C(C)C)C(C)C)c2C(=O)OC)cc1.COC(=O)c1[nH]c(C(C)=O)c(Br)c1-c1ccc(OC(C)=O)cc1. The Morgan fingerprint density at radius 2 is 1.21 bits per heavy atom. The number of rotatable bonds is 12. The second kappa shape index (κ2) is 18.2. The number of methoxy groups -OCH3 is 2. The van der Waals surface area contributed by atoms with Gasteiger partial charge in [0, 0.05) is 35.6 Å². The molecule has 10 nitrogen and oxygen atoms in total. The smallest absolute Gasteiger partial charge is 0.355 e. The first-order chi connectivity index (χ1) is 24.5. The number of halogens is 2. The van der Waals surface area contributed by atoms with Crippen LogP contribution in [0.15, 0.2) is 63.7 Å². The summed E-state index contributed by atoms with van der Waals surface area (Å²) in [5.74, 6) is -0.309. The van der Waals surface area contributed by atoms with Crippen molar-refractivity contribution < 1.29 is 38.1 Å². The molecule has 0 amide bonds. The number of esters is 3. The molecule has 0 atom stereocenters. The number of hydrogen-bond acceptors (Lipinski definition) is 8. The minimum absolute atomic E-state index is 0.171. The standard InChI is InChI=1S/C23H34BrNO3Si.C16H14BrNO5/c1-9-28-19-12-10-18(11-13-19)21-20(24)14-25(22(21)23(26)27-8)29(15(2)3,16(4)5)17(6)7;1-8(19)14-13(17)12(15(18-14)16(21)22-3)10-4-6-11(7-5-10)23-9(2)20/h10-17H,9H2,1-8H3;4-7,18H,1-3H3. The average molecular weight is 861 g/mol. The van der Waals surface area contributed by atoms with Crippen LogP contribution in [0, 0.1) is 0 Å². The predicted octanol–water partition coefficient (Wildman–Crippen LogP) is 10.5. The van der Waals surface area contributed by atoms with Crippen LogP contribution in [0.5, 0.6) is 11.5 Å².